The van der Waals surface area contributed by atoms with Crippen LogP contribution in [-0.4, -0.2) is 34.7 Å². The van der Waals surface area contributed by atoms with Crippen molar-refractivity contribution in [2.45, 2.75) is 18.9 Å². The van der Waals surface area contributed by atoms with Crippen molar-refractivity contribution in [1.82, 2.24) is 14.8 Å². The molecule has 0 aromatic carbocycles. The van der Waals surface area contributed by atoms with Crippen LogP contribution in [0.1, 0.15) is 18.9 Å². The van der Waals surface area contributed by atoms with Crippen LogP contribution in [0.2, 0.25) is 0 Å². The first-order valence-electron chi connectivity index (χ1n) is 4.22. The molecule has 1 fully saturated rings. The van der Waals surface area contributed by atoms with Crippen LogP contribution in [0.15, 0.2) is 12.7 Å². The third-order valence-corrected chi connectivity index (χ3v) is 4.10. The molecule has 2 heterocycles. The second-order valence-electron chi connectivity index (χ2n) is 3.29. The highest BCUT2D eigenvalue weighted by Crippen LogP contribution is 2.22. The predicted molar refractivity (Wildman–Crippen MR) is 46.9 cm³/mol. The maximum atomic E-state index is 11.1. The lowest BCUT2D eigenvalue weighted by atomic mass is 10.1. The van der Waals surface area contributed by atoms with E-state index in [0.29, 0.717) is 12.8 Å². The number of aromatic nitrogens is 3. The van der Waals surface area contributed by atoms with Crippen molar-refractivity contribution < 1.29 is 8.42 Å². The van der Waals surface area contributed by atoms with E-state index in [9.17, 15) is 8.42 Å². The number of sulfone groups is 1. The summed E-state index contributed by atoms with van der Waals surface area (Å²) in [6.45, 7) is 0. The molecule has 0 unspecified atom stereocenters. The highest BCUT2D eigenvalue weighted by molar-refractivity contribution is 7.91. The minimum absolute atomic E-state index is 0.263. The van der Waals surface area contributed by atoms with Gasteiger partial charge >= 0.3 is 0 Å². The van der Waals surface area contributed by atoms with Crippen molar-refractivity contribution in [2.24, 2.45) is 0 Å². The summed E-state index contributed by atoms with van der Waals surface area (Å²) in [5, 5.41) is 7.39. The fourth-order valence-electron chi connectivity index (χ4n) is 1.57. The first kappa shape index (κ1) is 8.68. The molecule has 0 aliphatic carbocycles. The summed E-state index contributed by atoms with van der Waals surface area (Å²) in [5.74, 6) is 0.575. The summed E-state index contributed by atoms with van der Waals surface area (Å²) in [6.07, 6.45) is 4.64. The molecule has 2 rings (SSSR count). The average molecular weight is 201 g/mol. The topological polar surface area (TPSA) is 64.8 Å². The lowest BCUT2D eigenvalue weighted by Crippen LogP contribution is -2.24. The van der Waals surface area contributed by atoms with Crippen LogP contribution in [0.3, 0.4) is 0 Å². The van der Waals surface area contributed by atoms with Gasteiger partial charge in [-0.3, -0.25) is 0 Å². The monoisotopic (exact) mass is 201 g/mol. The molecule has 72 valence electrons. The number of hydrogen-bond acceptors (Lipinski definition) is 4. The summed E-state index contributed by atoms with van der Waals surface area (Å²) in [7, 11) is -2.76. The quantitative estimate of drug-likeness (QED) is 0.643. The Morgan fingerprint density at radius 1 is 1.15 bits per heavy atom. The first-order valence-corrected chi connectivity index (χ1v) is 6.04. The van der Waals surface area contributed by atoms with Crippen LogP contribution in [0.4, 0.5) is 0 Å². The van der Waals surface area contributed by atoms with Gasteiger partial charge in [-0.15, -0.1) is 10.2 Å². The van der Waals surface area contributed by atoms with E-state index < -0.39 is 9.84 Å². The lowest BCUT2D eigenvalue weighted by Gasteiger charge is -2.22. The third kappa shape index (κ3) is 1.88. The second-order valence-corrected chi connectivity index (χ2v) is 5.60. The standard InChI is InChI=1S/C7H11N3O2S/c11-13(12)3-1-7(2-4-13)10-5-8-9-6-10/h5-7H,1-4H2. The molecule has 0 N–H and O–H groups in total. The third-order valence-electron chi connectivity index (χ3n) is 2.38. The highest BCUT2D eigenvalue weighted by Gasteiger charge is 2.24. The van der Waals surface area contributed by atoms with Gasteiger partial charge in [0, 0.05) is 6.04 Å². The molecule has 5 nitrogen and oxygen atoms in total. The zero-order chi connectivity index (χ0) is 9.31. The van der Waals surface area contributed by atoms with Crippen LogP contribution >= 0.6 is 0 Å². The Bertz CT molecular complexity index is 356. The molecule has 1 aromatic heterocycles. The first-order chi connectivity index (χ1) is 6.17. The summed E-state index contributed by atoms with van der Waals surface area (Å²) in [6, 6.07) is 0.263. The summed E-state index contributed by atoms with van der Waals surface area (Å²) in [5.41, 5.74) is 0. The Kier molecular flexibility index (Phi) is 2.07. The molecule has 0 amide bonds. The van der Waals surface area contributed by atoms with Gasteiger partial charge < -0.3 is 4.57 Å². The number of nitrogens with zero attached hydrogens (tertiary/aromatic N) is 3. The maximum Gasteiger partial charge on any atom is 0.150 e. The number of rotatable bonds is 1. The Labute approximate surface area is 76.7 Å². The van der Waals surface area contributed by atoms with Crippen molar-refractivity contribution in [3.8, 4) is 0 Å². The van der Waals surface area contributed by atoms with Crippen LogP contribution in [0.25, 0.3) is 0 Å². The van der Waals surface area contributed by atoms with Gasteiger partial charge in [-0.25, -0.2) is 8.42 Å². The second kappa shape index (κ2) is 3.10. The summed E-state index contributed by atoms with van der Waals surface area (Å²) >= 11 is 0. The van der Waals surface area contributed by atoms with E-state index in [-0.39, 0.29) is 17.5 Å². The van der Waals surface area contributed by atoms with Crippen molar-refractivity contribution in [3.05, 3.63) is 12.7 Å². The zero-order valence-electron chi connectivity index (χ0n) is 7.13. The molecule has 13 heavy (non-hydrogen) atoms. The smallest absolute Gasteiger partial charge is 0.150 e. The molecule has 1 saturated heterocycles. The zero-order valence-corrected chi connectivity index (χ0v) is 7.94. The summed E-state index contributed by atoms with van der Waals surface area (Å²) in [4.78, 5) is 0. The van der Waals surface area contributed by atoms with Gasteiger partial charge in [0.25, 0.3) is 0 Å². The van der Waals surface area contributed by atoms with E-state index in [1.54, 1.807) is 12.7 Å². The molecule has 0 radical (unpaired) electrons. The molecular formula is C7H11N3O2S. The van der Waals surface area contributed by atoms with Crippen molar-refractivity contribution in [1.29, 1.82) is 0 Å². The van der Waals surface area contributed by atoms with Crippen molar-refractivity contribution in [3.63, 3.8) is 0 Å². The van der Waals surface area contributed by atoms with E-state index in [0.717, 1.165) is 0 Å². The molecule has 0 spiro atoms. The molecule has 6 heteroatoms. The SMILES string of the molecule is O=S1(=O)CCC(n2cnnc2)CC1. The van der Waals surface area contributed by atoms with Crippen LogP contribution in [0.5, 0.6) is 0 Å². The van der Waals surface area contributed by atoms with Crippen molar-refractivity contribution in [2.75, 3.05) is 11.5 Å². The van der Waals surface area contributed by atoms with Gasteiger partial charge in [0.1, 0.15) is 22.5 Å². The number of hydrogen-bond donors (Lipinski definition) is 0. The Morgan fingerprint density at radius 3 is 2.23 bits per heavy atom. The van der Waals surface area contributed by atoms with Gasteiger partial charge in [0.05, 0.1) is 11.5 Å². The van der Waals surface area contributed by atoms with E-state index >= 15 is 0 Å². The minimum Gasteiger partial charge on any atom is -0.317 e. The van der Waals surface area contributed by atoms with Gasteiger partial charge in [-0.05, 0) is 12.8 Å². The molecule has 1 aliphatic heterocycles. The molecule has 0 bridgehead atoms. The molecule has 1 aromatic rings. The lowest BCUT2D eigenvalue weighted by molar-refractivity contribution is 0.448. The van der Waals surface area contributed by atoms with E-state index in [1.165, 1.54) is 0 Å². The van der Waals surface area contributed by atoms with Gasteiger partial charge in [0.15, 0.2) is 0 Å². The Morgan fingerprint density at radius 2 is 1.69 bits per heavy atom. The molecule has 1 aliphatic rings. The van der Waals surface area contributed by atoms with E-state index in [1.807, 2.05) is 4.57 Å². The highest BCUT2D eigenvalue weighted by atomic mass is 32.2. The van der Waals surface area contributed by atoms with Crippen LogP contribution in [-0.2, 0) is 9.84 Å². The van der Waals surface area contributed by atoms with E-state index in [2.05, 4.69) is 10.2 Å². The average Bonchev–Trinajstić information content (AvgIpc) is 2.56. The fraction of sp³-hybridized carbons (Fsp3) is 0.714. The van der Waals surface area contributed by atoms with Crippen LogP contribution in [0, 0.1) is 0 Å². The predicted octanol–water partition coefficient (Wildman–Crippen LogP) is 0.0278. The molecule has 0 atom stereocenters. The van der Waals surface area contributed by atoms with Gasteiger partial charge in [-0.2, -0.15) is 0 Å². The maximum absolute atomic E-state index is 11.1. The normalized spacial score (nSPS) is 23.1. The molecule has 0 saturated carbocycles. The largest absolute Gasteiger partial charge is 0.317 e. The van der Waals surface area contributed by atoms with Gasteiger partial charge in [-0.1, -0.05) is 0 Å². The van der Waals surface area contributed by atoms with Crippen molar-refractivity contribution >= 4 is 9.84 Å². The van der Waals surface area contributed by atoms with Gasteiger partial charge in [0.2, 0.25) is 0 Å². The minimum atomic E-state index is -2.76. The van der Waals surface area contributed by atoms with E-state index in [4.69, 9.17) is 0 Å². The summed E-state index contributed by atoms with van der Waals surface area (Å²) < 4.78 is 24.1. The van der Waals surface area contributed by atoms with Crippen LogP contribution < -0.4 is 0 Å². The fourth-order valence-corrected chi connectivity index (χ4v) is 3.04. The Hall–Kier alpha value is -0.910. The molecular weight excluding hydrogens is 190 g/mol. The Balaban J connectivity index is 2.07.